The molecule has 3 aromatic rings. The van der Waals surface area contributed by atoms with E-state index in [1.165, 1.54) is 12.1 Å². The first-order chi connectivity index (χ1) is 14.6. The van der Waals surface area contributed by atoms with Crippen LogP contribution in [0.1, 0.15) is 10.4 Å². The van der Waals surface area contributed by atoms with Gasteiger partial charge in [-0.2, -0.15) is 0 Å². The number of hydrogen-bond acceptors (Lipinski definition) is 5. The van der Waals surface area contributed by atoms with E-state index in [1.807, 2.05) is 30.6 Å². The maximum Gasteiger partial charge on any atom is 0.270 e. The van der Waals surface area contributed by atoms with Crippen molar-refractivity contribution in [2.75, 3.05) is 32.7 Å². The number of piperazine rings is 1. The molecule has 4 rings (SSSR count). The molecule has 0 aliphatic carbocycles. The average Bonchev–Trinajstić information content (AvgIpc) is 3.27. The average molecular weight is 405 g/mol. The van der Waals surface area contributed by atoms with E-state index < -0.39 is 4.92 Å². The molecule has 8 nitrogen and oxygen atoms in total. The molecule has 0 saturated carbocycles. The molecule has 1 aliphatic rings. The second-order valence-corrected chi connectivity index (χ2v) is 7.25. The maximum absolute atomic E-state index is 12.7. The third kappa shape index (κ3) is 4.38. The molecule has 0 N–H and O–H groups in total. The highest BCUT2D eigenvalue weighted by atomic mass is 16.6. The van der Waals surface area contributed by atoms with Crippen molar-refractivity contribution in [3.8, 4) is 11.4 Å². The molecule has 30 heavy (non-hydrogen) atoms. The summed E-state index contributed by atoms with van der Waals surface area (Å²) in [5, 5.41) is 10.9. The highest BCUT2D eigenvalue weighted by Crippen LogP contribution is 2.18. The summed E-state index contributed by atoms with van der Waals surface area (Å²) in [5.74, 6) is 0.800. The summed E-state index contributed by atoms with van der Waals surface area (Å²) in [6.07, 6.45) is 3.81. The van der Waals surface area contributed by atoms with Gasteiger partial charge in [-0.3, -0.25) is 19.8 Å². The summed E-state index contributed by atoms with van der Waals surface area (Å²) in [5.41, 5.74) is 1.40. The van der Waals surface area contributed by atoms with Gasteiger partial charge in [-0.05, 0) is 6.07 Å². The van der Waals surface area contributed by atoms with Crippen molar-refractivity contribution in [2.45, 2.75) is 6.54 Å². The highest BCUT2D eigenvalue weighted by Gasteiger charge is 2.23. The molecule has 0 atom stereocenters. The summed E-state index contributed by atoms with van der Waals surface area (Å²) in [6, 6.07) is 16.0. The molecule has 1 fully saturated rings. The van der Waals surface area contributed by atoms with E-state index in [2.05, 4.69) is 26.6 Å². The van der Waals surface area contributed by atoms with Crippen molar-refractivity contribution in [1.82, 2.24) is 19.4 Å². The van der Waals surface area contributed by atoms with Crippen molar-refractivity contribution in [3.05, 3.63) is 82.7 Å². The van der Waals surface area contributed by atoms with Gasteiger partial charge in [-0.25, -0.2) is 4.98 Å². The lowest BCUT2D eigenvalue weighted by Gasteiger charge is -2.34. The molecule has 0 unspecified atom stereocenters. The number of nitrogens with zero attached hydrogens (tertiary/aromatic N) is 5. The molecule has 0 spiro atoms. The Kier molecular flexibility index (Phi) is 5.85. The normalized spacial score (nSPS) is 14.6. The lowest BCUT2D eigenvalue weighted by Crippen LogP contribution is -2.49. The van der Waals surface area contributed by atoms with Gasteiger partial charge in [0, 0.05) is 74.9 Å². The van der Waals surface area contributed by atoms with Crippen LogP contribution in [0, 0.1) is 10.1 Å². The van der Waals surface area contributed by atoms with Gasteiger partial charge in [-0.15, -0.1) is 0 Å². The molecule has 2 heterocycles. The van der Waals surface area contributed by atoms with E-state index in [1.54, 1.807) is 17.0 Å². The molecular formula is C22H23N5O3. The summed E-state index contributed by atoms with van der Waals surface area (Å²) < 4.78 is 2.15. The summed E-state index contributed by atoms with van der Waals surface area (Å²) in [7, 11) is 0. The van der Waals surface area contributed by atoms with Crippen LogP contribution in [0.3, 0.4) is 0 Å². The number of rotatable bonds is 6. The Morgan fingerprint density at radius 1 is 1.00 bits per heavy atom. The minimum atomic E-state index is -0.478. The van der Waals surface area contributed by atoms with Gasteiger partial charge in [0.25, 0.3) is 11.6 Å². The minimum absolute atomic E-state index is 0.0611. The molecular weight excluding hydrogens is 382 g/mol. The van der Waals surface area contributed by atoms with Crippen LogP contribution in [0.5, 0.6) is 0 Å². The minimum Gasteiger partial charge on any atom is -0.336 e. The van der Waals surface area contributed by atoms with E-state index >= 15 is 0 Å². The van der Waals surface area contributed by atoms with Gasteiger partial charge < -0.3 is 9.47 Å². The van der Waals surface area contributed by atoms with Gasteiger partial charge in [-0.1, -0.05) is 36.4 Å². The summed E-state index contributed by atoms with van der Waals surface area (Å²) >= 11 is 0. The van der Waals surface area contributed by atoms with Crippen LogP contribution in [0.15, 0.2) is 67.0 Å². The number of nitro benzene ring substituents is 1. The molecule has 1 aliphatic heterocycles. The number of aromatic nitrogens is 2. The first kappa shape index (κ1) is 19.8. The van der Waals surface area contributed by atoms with Crippen molar-refractivity contribution in [3.63, 3.8) is 0 Å². The van der Waals surface area contributed by atoms with Crippen LogP contribution in [0.25, 0.3) is 11.4 Å². The fourth-order valence-corrected chi connectivity index (χ4v) is 3.70. The van der Waals surface area contributed by atoms with Crippen LogP contribution in [0.4, 0.5) is 5.69 Å². The number of non-ortho nitro benzene ring substituents is 1. The van der Waals surface area contributed by atoms with E-state index in [-0.39, 0.29) is 11.6 Å². The summed E-state index contributed by atoms with van der Waals surface area (Å²) in [6.45, 7) is 4.46. The van der Waals surface area contributed by atoms with E-state index in [0.29, 0.717) is 18.7 Å². The number of carbonyl (C=O) groups is 1. The Balaban J connectivity index is 1.32. The predicted molar refractivity (Wildman–Crippen MR) is 113 cm³/mol. The lowest BCUT2D eigenvalue weighted by molar-refractivity contribution is -0.384. The topological polar surface area (TPSA) is 84.5 Å². The first-order valence-electron chi connectivity index (χ1n) is 9.94. The second kappa shape index (κ2) is 8.87. The van der Waals surface area contributed by atoms with Crippen molar-refractivity contribution in [2.24, 2.45) is 0 Å². The van der Waals surface area contributed by atoms with Crippen LogP contribution in [-0.2, 0) is 6.54 Å². The second-order valence-electron chi connectivity index (χ2n) is 7.25. The summed E-state index contributed by atoms with van der Waals surface area (Å²) in [4.78, 5) is 31.7. The SMILES string of the molecule is O=C(c1cccc([N+](=O)[O-])c1)N1CCN(CCn2ccnc2-c2ccccc2)CC1. The number of imidazole rings is 1. The Hall–Kier alpha value is -3.52. The third-order valence-electron chi connectivity index (χ3n) is 5.37. The standard InChI is InChI=1S/C22H23N5O3/c28-22(19-7-4-8-20(17-19)27(29)30)26-15-12-24(13-16-26)11-14-25-10-9-23-21(25)18-5-2-1-3-6-18/h1-10,17H,11-16H2. The largest absolute Gasteiger partial charge is 0.336 e. The fraction of sp³-hybridized carbons (Fsp3) is 0.273. The van der Waals surface area contributed by atoms with Crippen LogP contribution in [-0.4, -0.2) is 62.9 Å². The Labute approximate surface area is 174 Å². The van der Waals surface area contributed by atoms with Crippen LogP contribution in [0.2, 0.25) is 0 Å². The van der Waals surface area contributed by atoms with Crippen LogP contribution >= 0.6 is 0 Å². The first-order valence-corrected chi connectivity index (χ1v) is 9.94. The molecule has 2 aromatic carbocycles. The molecule has 154 valence electrons. The van der Waals surface area contributed by atoms with Crippen molar-refractivity contribution < 1.29 is 9.72 Å². The van der Waals surface area contributed by atoms with Gasteiger partial charge in [0.05, 0.1) is 4.92 Å². The van der Waals surface area contributed by atoms with Gasteiger partial charge in [0.2, 0.25) is 0 Å². The molecule has 0 bridgehead atoms. The van der Waals surface area contributed by atoms with E-state index in [4.69, 9.17) is 0 Å². The number of amides is 1. The lowest BCUT2D eigenvalue weighted by atomic mass is 10.1. The number of benzene rings is 2. The predicted octanol–water partition coefficient (Wildman–Crippen LogP) is 2.92. The van der Waals surface area contributed by atoms with Crippen LogP contribution < -0.4 is 0 Å². The molecule has 8 heteroatoms. The molecule has 1 saturated heterocycles. The quantitative estimate of drug-likeness (QED) is 0.465. The Bertz CT molecular complexity index is 1030. The number of carbonyl (C=O) groups excluding carboxylic acids is 1. The highest BCUT2D eigenvalue weighted by molar-refractivity contribution is 5.94. The van der Waals surface area contributed by atoms with Crippen molar-refractivity contribution in [1.29, 1.82) is 0 Å². The smallest absolute Gasteiger partial charge is 0.270 e. The molecule has 0 radical (unpaired) electrons. The fourth-order valence-electron chi connectivity index (χ4n) is 3.70. The zero-order valence-electron chi connectivity index (χ0n) is 16.6. The van der Waals surface area contributed by atoms with Gasteiger partial charge in [0.15, 0.2) is 0 Å². The zero-order chi connectivity index (χ0) is 20.9. The monoisotopic (exact) mass is 405 g/mol. The van der Waals surface area contributed by atoms with E-state index in [9.17, 15) is 14.9 Å². The van der Waals surface area contributed by atoms with Gasteiger partial charge >= 0.3 is 0 Å². The van der Waals surface area contributed by atoms with E-state index in [0.717, 1.165) is 37.6 Å². The number of hydrogen-bond donors (Lipinski definition) is 0. The van der Waals surface area contributed by atoms with Crippen molar-refractivity contribution >= 4 is 11.6 Å². The maximum atomic E-state index is 12.7. The van der Waals surface area contributed by atoms with Gasteiger partial charge in [0.1, 0.15) is 5.82 Å². The Morgan fingerprint density at radius 2 is 1.77 bits per heavy atom. The zero-order valence-corrected chi connectivity index (χ0v) is 16.6. The molecule has 1 aromatic heterocycles. The molecule has 1 amide bonds. The number of nitro groups is 1. The third-order valence-corrected chi connectivity index (χ3v) is 5.37. The Morgan fingerprint density at radius 3 is 2.50 bits per heavy atom.